The van der Waals surface area contributed by atoms with E-state index in [-0.39, 0.29) is 30.8 Å². The van der Waals surface area contributed by atoms with Gasteiger partial charge in [0.15, 0.2) is 0 Å². The second kappa shape index (κ2) is 12.2. The van der Waals surface area contributed by atoms with Crippen molar-refractivity contribution in [1.29, 1.82) is 0 Å². The highest BCUT2D eigenvalue weighted by Crippen LogP contribution is 2.35. The second-order valence-corrected chi connectivity index (χ2v) is 11.2. The van der Waals surface area contributed by atoms with Gasteiger partial charge in [-0.25, -0.2) is 9.48 Å². The second-order valence-electron chi connectivity index (χ2n) is 10.8. The van der Waals surface area contributed by atoms with Gasteiger partial charge in [0.05, 0.1) is 5.69 Å². The summed E-state index contributed by atoms with van der Waals surface area (Å²) in [6.07, 6.45) is 1.79. The number of aromatic nitrogens is 4. The van der Waals surface area contributed by atoms with Crippen LogP contribution in [0.3, 0.4) is 0 Å². The third kappa shape index (κ3) is 5.94. The number of carbonyl (C=O) groups excluding carboxylic acids is 2. The molecule has 12 heteroatoms. The van der Waals surface area contributed by atoms with Crippen LogP contribution in [0.25, 0.3) is 16.8 Å². The lowest BCUT2D eigenvalue weighted by atomic mass is 9.83. The zero-order valence-electron chi connectivity index (χ0n) is 23.2. The summed E-state index contributed by atoms with van der Waals surface area (Å²) in [5.41, 5.74) is 4.65. The Morgan fingerprint density at radius 1 is 0.907 bits per heavy atom. The summed E-state index contributed by atoms with van der Waals surface area (Å²) in [5, 5.41) is 24.6. The molecule has 11 nitrogen and oxygen atoms in total. The topological polar surface area (TPSA) is 134 Å². The van der Waals surface area contributed by atoms with Crippen molar-refractivity contribution in [2.75, 3.05) is 13.1 Å². The Balaban J connectivity index is 1.13. The molecule has 2 aliphatic rings. The van der Waals surface area contributed by atoms with Crippen molar-refractivity contribution >= 4 is 29.5 Å². The Morgan fingerprint density at radius 3 is 2.33 bits per heavy atom. The molecule has 43 heavy (non-hydrogen) atoms. The molecule has 6 rings (SSSR count). The van der Waals surface area contributed by atoms with E-state index in [0.717, 1.165) is 16.7 Å². The lowest BCUT2D eigenvalue weighted by molar-refractivity contribution is -0.152. The predicted octanol–water partition coefficient (Wildman–Crippen LogP) is 4.13. The van der Waals surface area contributed by atoms with Crippen LogP contribution in [0, 0.1) is 0 Å². The molecule has 3 heterocycles. The van der Waals surface area contributed by atoms with Gasteiger partial charge in [-0.15, -0.1) is 5.10 Å². The van der Waals surface area contributed by atoms with Crippen LogP contribution in [0.15, 0.2) is 79.1 Å². The van der Waals surface area contributed by atoms with E-state index in [1.54, 1.807) is 18.2 Å². The Bertz CT molecular complexity index is 1620. The van der Waals surface area contributed by atoms with Crippen LogP contribution in [0.4, 0.5) is 4.79 Å². The third-order valence-electron chi connectivity index (χ3n) is 8.32. The van der Waals surface area contributed by atoms with Gasteiger partial charge in [-0.05, 0) is 76.1 Å². The van der Waals surface area contributed by atoms with E-state index in [1.807, 2.05) is 18.2 Å². The van der Waals surface area contributed by atoms with Gasteiger partial charge in [-0.3, -0.25) is 14.5 Å². The summed E-state index contributed by atoms with van der Waals surface area (Å²) in [6, 6.07) is 22.0. The summed E-state index contributed by atoms with van der Waals surface area (Å²) in [6.45, 7) is 0.791. The smallest absolute Gasteiger partial charge is 0.407 e. The highest BCUT2D eigenvalue weighted by molar-refractivity contribution is 6.30. The molecule has 2 saturated heterocycles. The summed E-state index contributed by atoms with van der Waals surface area (Å²) in [7, 11) is 0. The van der Waals surface area contributed by atoms with Gasteiger partial charge in [0.25, 0.3) is 0 Å². The van der Waals surface area contributed by atoms with E-state index in [1.165, 1.54) is 20.8 Å². The Hall–Kier alpha value is -4.77. The van der Waals surface area contributed by atoms with E-state index in [4.69, 9.17) is 11.6 Å². The number of hydrogen-bond donors (Lipinski definition) is 2. The molecule has 3 amide bonds. The number of halogens is 1. The van der Waals surface area contributed by atoms with Crippen molar-refractivity contribution in [2.24, 2.45) is 0 Å². The highest BCUT2D eigenvalue weighted by Gasteiger charge is 2.45. The average molecular weight is 600 g/mol. The molecule has 3 aromatic carbocycles. The van der Waals surface area contributed by atoms with E-state index in [0.29, 0.717) is 42.1 Å². The fourth-order valence-electron chi connectivity index (χ4n) is 5.92. The zero-order chi connectivity index (χ0) is 29.9. The standard InChI is InChI=1S/C31H30ClN7O4/c32-25-10-11-26(39-19-34-35-36-39)24(16-25)18-33-29(40)27-13-15-37(27)30(41)28-17-23(12-14-38(28)31(42)43)22-8-6-21(7-9-22)20-4-2-1-3-5-20/h1-11,16,19,23,27-28H,12-15,17-18H2,(H,33,40)(H,42,43)/t23-,27-,28+/m0/s1. The van der Waals surface area contributed by atoms with Crippen LogP contribution in [-0.4, -0.2) is 78.2 Å². The number of rotatable bonds is 7. The molecule has 0 bridgehead atoms. The number of carbonyl (C=O) groups is 3. The molecule has 2 fully saturated rings. The van der Waals surface area contributed by atoms with Crippen molar-refractivity contribution < 1.29 is 19.5 Å². The fraction of sp³-hybridized carbons (Fsp3) is 0.290. The van der Waals surface area contributed by atoms with Crippen molar-refractivity contribution in [1.82, 2.24) is 35.3 Å². The molecule has 0 saturated carbocycles. The number of benzene rings is 3. The van der Waals surface area contributed by atoms with Gasteiger partial charge in [-0.2, -0.15) is 0 Å². The van der Waals surface area contributed by atoms with Gasteiger partial charge < -0.3 is 15.3 Å². The number of likely N-dealkylation sites (tertiary alicyclic amines) is 2. The molecule has 1 aromatic heterocycles. The molecule has 2 aliphatic heterocycles. The van der Waals surface area contributed by atoms with Crippen LogP contribution in [0.2, 0.25) is 5.02 Å². The fourth-order valence-corrected chi connectivity index (χ4v) is 6.11. The summed E-state index contributed by atoms with van der Waals surface area (Å²) < 4.78 is 1.48. The first-order chi connectivity index (χ1) is 20.9. The summed E-state index contributed by atoms with van der Waals surface area (Å²) >= 11 is 6.20. The molecule has 2 N–H and O–H groups in total. The number of nitrogens with one attached hydrogen (secondary N) is 1. The first-order valence-corrected chi connectivity index (χ1v) is 14.5. The van der Waals surface area contributed by atoms with Crippen molar-refractivity contribution in [3.05, 3.63) is 95.3 Å². The maximum Gasteiger partial charge on any atom is 0.407 e. The largest absolute Gasteiger partial charge is 0.465 e. The van der Waals surface area contributed by atoms with E-state index < -0.39 is 18.2 Å². The molecule has 0 unspecified atom stereocenters. The summed E-state index contributed by atoms with van der Waals surface area (Å²) in [5.74, 6) is -0.625. The highest BCUT2D eigenvalue weighted by atomic mass is 35.5. The van der Waals surface area contributed by atoms with Crippen molar-refractivity contribution in [2.45, 2.75) is 43.8 Å². The van der Waals surface area contributed by atoms with Gasteiger partial charge in [-0.1, -0.05) is 66.2 Å². The average Bonchev–Trinajstić information content (AvgIpc) is 3.54. The van der Waals surface area contributed by atoms with Crippen LogP contribution in [0.5, 0.6) is 0 Å². The molecular weight excluding hydrogens is 570 g/mol. The lowest BCUT2D eigenvalue weighted by Crippen LogP contribution is -2.63. The minimum absolute atomic E-state index is 0.0236. The quantitative estimate of drug-likeness (QED) is 0.326. The number of hydrogen-bond acceptors (Lipinski definition) is 6. The van der Waals surface area contributed by atoms with Gasteiger partial charge >= 0.3 is 6.09 Å². The zero-order valence-corrected chi connectivity index (χ0v) is 24.0. The van der Waals surface area contributed by atoms with Crippen molar-refractivity contribution in [3.63, 3.8) is 0 Å². The molecule has 4 aromatic rings. The Labute approximate surface area is 253 Å². The molecule has 3 atom stereocenters. The van der Waals surface area contributed by atoms with Gasteiger partial charge in [0.1, 0.15) is 18.4 Å². The molecule has 0 aliphatic carbocycles. The van der Waals surface area contributed by atoms with Crippen LogP contribution < -0.4 is 5.32 Å². The summed E-state index contributed by atoms with van der Waals surface area (Å²) in [4.78, 5) is 41.8. The number of nitrogens with zero attached hydrogens (tertiary/aromatic N) is 6. The maximum atomic E-state index is 13.8. The SMILES string of the molecule is O=C(NCc1cc(Cl)ccc1-n1cnnn1)[C@@H]1CCN1C(=O)[C@H]1C[C@@H](c2ccc(-c3ccccc3)cc2)CCN1C(=O)O. The first kappa shape index (κ1) is 28.4. The van der Waals surface area contributed by atoms with Crippen LogP contribution in [-0.2, 0) is 16.1 Å². The third-order valence-corrected chi connectivity index (χ3v) is 8.55. The normalized spacial score (nSPS) is 19.9. The van der Waals surface area contributed by atoms with Gasteiger partial charge in [0.2, 0.25) is 11.8 Å². The number of carboxylic acid groups (broad SMARTS) is 1. The molecular formula is C31H30ClN7O4. The van der Waals surface area contributed by atoms with Crippen molar-refractivity contribution in [3.8, 4) is 16.8 Å². The Morgan fingerprint density at radius 2 is 1.65 bits per heavy atom. The Kier molecular flexibility index (Phi) is 8.06. The van der Waals surface area contributed by atoms with Crippen LogP contribution in [0.1, 0.15) is 36.3 Å². The lowest BCUT2D eigenvalue weighted by Gasteiger charge is -2.45. The first-order valence-electron chi connectivity index (χ1n) is 14.1. The predicted molar refractivity (Wildman–Crippen MR) is 159 cm³/mol. The molecule has 0 radical (unpaired) electrons. The minimum Gasteiger partial charge on any atom is -0.465 e. The molecule has 0 spiro atoms. The van der Waals surface area contributed by atoms with Gasteiger partial charge in [0, 0.05) is 24.7 Å². The minimum atomic E-state index is -1.13. The van der Waals surface area contributed by atoms with E-state index >= 15 is 0 Å². The number of tetrazole rings is 1. The van der Waals surface area contributed by atoms with E-state index in [2.05, 4.69) is 57.2 Å². The monoisotopic (exact) mass is 599 g/mol. The van der Waals surface area contributed by atoms with Crippen LogP contribution >= 0.6 is 11.6 Å². The van der Waals surface area contributed by atoms with E-state index in [9.17, 15) is 19.5 Å². The number of piperidine rings is 1. The maximum absolute atomic E-state index is 13.8. The number of amides is 3. The molecule has 220 valence electrons.